The van der Waals surface area contributed by atoms with Gasteiger partial charge in [-0.1, -0.05) is 42.5 Å². The number of hydrogen-bond donors (Lipinski definition) is 1. The quantitative estimate of drug-likeness (QED) is 0.794. The Bertz CT molecular complexity index is 868. The first kappa shape index (κ1) is 19.4. The third kappa shape index (κ3) is 4.49. The Hall–Kier alpha value is -3.35. The highest BCUT2D eigenvalue weighted by molar-refractivity contribution is 6.00. The number of ether oxygens (including phenoxy) is 1. The normalized spacial score (nSPS) is 15.5. The molecule has 0 radical (unpaired) electrons. The highest BCUT2D eigenvalue weighted by Gasteiger charge is 2.31. The van der Waals surface area contributed by atoms with Crippen molar-refractivity contribution in [3.05, 3.63) is 60.2 Å². The zero-order chi connectivity index (χ0) is 20.1. The number of hydrogen-bond acceptors (Lipinski definition) is 4. The molecule has 0 spiro atoms. The highest BCUT2D eigenvalue weighted by atomic mass is 16.5. The molecule has 0 bridgehead atoms. The molecule has 1 unspecified atom stereocenters. The van der Waals surface area contributed by atoms with Gasteiger partial charge >= 0.3 is 5.97 Å². The molecule has 3 rings (SSSR count). The number of anilines is 1. The van der Waals surface area contributed by atoms with Gasteiger partial charge in [0.05, 0.1) is 5.69 Å². The third-order valence-corrected chi connectivity index (χ3v) is 4.52. The van der Waals surface area contributed by atoms with Gasteiger partial charge in [-0.2, -0.15) is 0 Å². The van der Waals surface area contributed by atoms with Crippen LogP contribution >= 0.6 is 0 Å². The molecule has 0 aromatic heterocycles. The van der Waals surface area contributed by atoms with E-state index in [9.17, 15) is 14.4 Å². The van der Waals surface area contributed by atoms with E-state index in [2.05, 4.69) is 0 Å². The maximum atomic E-state index is 12.7. The molecule has 7 nitrogen and oxygen atoms in total. The summed E-state index contributed by atoms with van der Waals surface area (Å²) in [6.07, 6.45) is -0.614. The molecule has 1 N–H and O–H groups in total. The lowest BCUT2D eigenvalue weighted by atomic mass is 10.1. The number of aliphatic carboxylic acids is 1. The van der Waals surface area contributed by atoms with Gasteiger partial charge in [0.2, 0.25) is 5.91 Å². The fraction of sp³-hybridized carbons (Fsp3) is 0.286. The zero-order valence-corrected chi connectivity index (χ0v) is 15.6. The van der Waals surface area contributed by atoms with Crippen LogP contribution in [0.25, 0.3) is 0 Å². The Balaban J connectivity index is 1.71. The van der Waals surface area contributed by atoms with Crippen molar-refractivity contribution in [1.82, 2.24) is 4.90 Å². The van der Waals surface area contributed by atoms with Crippen molar-refractivity contribution in [2.75, 3.05) is 18.0 Å². The molecule has 2 amide bonds. The molecular formula is C21H22N2O5. The van der Waals surface area contributed by atoms with E-state index in [4.69, 9.17) is 9.84 Å². The molecule has 146 valence electrons. The summed E-state index contributed by atoms with van der Waals surface area (Å²) < 4.78 is 5.60. The molecule has 0 fully saturated rings. The minimum atomic E-state index is -1.08. The molecule has 1 aliphatic rings. The van der Waals surface area contributed by atoms with E-state index in [-0.39, 0.29) is 31.3 Å². The molecule has 2 aromatic carbocycles. The predicted octanol–water partition coefficient (Wildman–Crippen LogP) is 2.30. The lowest BCUT2D eigenvalue weighted by Crippen LogP contribution is -2.46. The van der Waals surface area contributed by atoms with E-state index in [1.807, 2.05) is 36.4 Å². The van der Waals surface area contributed by atoms with E-state index in [1.165, 1.54) is 9.80 Å². The largest absolute Gasteiger partial charge is 0.480 e. The van der Waals surface area contributed by atoms with Crippen molar-refractivity contribution < 1.29 is 24.2 Å². The molecule has 1 aliphatic heterocycles. The fourth-order valence-electron chi connectivity index (χ4n) is 3.15. The van der Waals surface area contributed by atoms with E-state index >= 15 is 0 Å². The average Bonchev–Trinajstić information content (AvgIpc) is 2.68. The highest BCUT2D eigenvalue weighted by Crippen LogP contribution is 2.33. The van der Waals surface area contributed by atoms with Gasteiger partial charge in [-0.3, -0.25) is 14.4 Å². The van der Waals surface area contributed by atoms with Crippen LogP contribution in [0.4, 0.5) is 5.69 Å². The summed E-state index contributed by atoms with van der Waals surface area (Å²) >= 11 is 0. The van der Waals surface area contributed by atoms with Crippen LogP contribution in [-0.2, 0) is 20.9 Å². The predicted molar refractivity (Wildman–Crippen MR) is 103 cm³/mol. The molecule has 1 atom stereocenters. The number of para-hydroxylation sites is 2. The molecule has 28 heavy (non-hydrogen) atoms. The van der Waals surface area contributed by atoms with Gasteiger partial charge in [-0.05, 0) is 24.6 Å². The topological polar surface area (TPSA) is 87.2 Å². The number of rotatable bonds is 7. The summed E-state index contributed by atoms with van der Waals surface area (Å²) in [7, 11) is 0. The monoisotopic (exact) mass is 382 g/mol. The lowest BCUT2D eigenvalue weighted by Gasteiger charge is -2.33. The average molecular weight is 382 g/mol. The Morgan fingerprint density at radius 1 is 1.11 bits per heavy atom. The van der Waals surface area contributed by atoms with E-state index < -0.39 is 18.6 Å². The summed E-state index contributed by atoms with van der Waals surface area (Å²) in [5.74, 6) is -1.03. The van der Waals surface area contributed by atoms with Crippen LogP contribution in [0.15, 0.2) is 54.6 Å². The molecule has 2 aromatic rings. The zero-order valence-electron chi connectivity index (χ0n) is 15.6. The second kappa shape index (κ2) is 8.56. The Morgan fingerprint density at radius 3 is 2.50 bits per heavy atom. The number of nitrogens with zero attached hydrogens (tertiary/aromatic N) is 2. The molecule has 7 heteroatoms. The number of carboxylic acid groups (broad SMARTS) is 1. The maximum absolute atomic E-state index is 12.7. The number of carbonyl (C=O) groups is 3. The summed E-state index contributed by atoms with van der Waals surface area (Å²) in [6.45, 7) is 1.64. The van der Waals surface area contributed by atoms with Crippen molar-refractivity contribution >= 4 is 23.5 Å². The van der Waals surface area contributed by atoms with Gasteiger partial charge in [0.15, 0.2) is 6.10 Å². The van der Waals surface area contributed by atoms with Crippen molar-refractivity contribution in [2.45, 2.75) is 26.0 Å². The van der Waals surface area contributed by atoms with Gasteiger partial charge in [-0.15, -0.1) is 0 Å². The van der Waals surface area contributed by atoms with Gasteiger partial charge in [-0.25, -0.2) is 0 Å². The second-order valence-electron chi connectivity index (χ2n) is 6.60. The molecule has 0 saturated heterocycles. The first-order chi connectivity index (χ1) is 13.5. The molecule has 0 saturated carbocycles. The first-order valence-corrected chi connectivity index (χ1v) is 9.06. The van der Waals surface area contributed by atoms with E-state index in [0.717, 1.165) is 5.56 Å². The van der Waals surface area contributed by atoms with Crippen molar-refractivity contribution in [2.24, 2.45) is 0 Å². The van der Waals surface area contributed by atoms with Gasteiger partial charge in [0, 0.05) is 19.5 Å². The third-order valence-electron chi connectivity index (χ3n) is 4.52. The summed E-state index contributed by atoms with van der Waals surface area (Å²) in [6, 6.07) is 16.4. The van der Waals surface area contributed by atoms with Crippen LogP contribution in [0, 0.1) is 0 Å². The Labute approximate surface area is 163 Å². The Morgan fingerprint density at radius 2 is 1.79 bits per heavy atom. The van der Waals surface area contributed by atoms with Gasteiger partial charge in [0.25, 0.3) is 5.91 Å². The van der Waals surface area contributed by atoms with Crippen molar-refractivity contribution in [1.29, 1.82) is 0 Å². The van der Waals surface area contributed by atoms with E-state index in [0.29, 0.717) is 11.4 Å². The minimum Gasteiger partial charge on any atom is -0.480 e. The van der Waals surface area contributed by atoms with Crippen LogP contribution in [0.2, 0.25) is 0 Å². The maximum Gasteiger partial charge on any atom is 0.323 e. The number of amides is 2. The van der Waals surface area contributed by atoms with Gasteiger partial charge in [0.1, 0.15) is 12.3 Å². The number of fused-ring (bicyclic) bond motifs is 1. The van der Waals surface area contributed by atoms with Crippen LogP contribution in [0.5, 0.6) is 5.75 Å². The SMILES string of the molecule is CC1Oc2ccccc2N(CCC(=O)N(CC(=O)O)Cc2ccccc2)C1=O. The second-order valence-corrected chi connectivity index (χ2v) is 6.60. The van der Waals surface area contributed by atoms with Crippen LogP contribution in [0.3, 0.4) is 0 Å². The summed E-state index contributed by atoms with van der Waals surface area (Å²) in [4.78, 5) is 39.3. The van der Waals surface area contributed by atoms with Crippen LogP contribution in [0.1, 0.15) is 18.9 Å². The smallest absolute Gasteiger partial charge is 0.323 e. The first-order valence-electron chi connectivity index (χ1n) is 9.06. The molecule has 1 heterocycles. The number of carboxylic acids is 1. The molecule has 0 aliphatic carbocycles. The fourth-order valence-corrected chi connectivity index (χ4v) is 3.15. The molecular weight excluding hydrogens is 360 g/mol. The van der Waals surface area contributed by atoms with E-state index in [1.54, 1.807) is 25.1 Å². The lowest BCUT2D eigenvalue weighted by molar-refractivity contribution is -0.144. The summed E-state index contributed by atoms with van der Waals surface area (Å²) in [5.41, 5.74) is 1.46. The van der Waals surface area contributed by atoms with Crippen LogP contribution < -0.4 is 9.64 Å². The van der Waals surface area contributed by atoms with Crippen molar-refractivity contribution in [3.63, 3.8) is 0 Å². The minimum absolute atomic E-state index is 0.0207. The van der Waals surface area contributed by atoms with Gasteiger partial charge < -0.3 is 19.6 Å². The standard InChI is InChI=1S/C21H22N2O5/c1-15-21(27)23(17-9-5-6-10-18(17)28-15)12-11-19(24)22(14-20(25)26)13-16-7-3-2-4-8-16/h2-10,15H,11-14H2,1H3,(H,25,26). The van der Waals surface area contributed by atoms with Crippen LogP contribution in [-0.4, -0.2) is 47.0 Å². The summed E-state index contributed by atoms with van der Waals surface area (Å²) in [5, 5.41) is 9.16. The Kier molecular flexibility index (Phi) is 5.93. The number of benzene rings is 2. The van der Waals surface area contributed by atoms with Crippen molar-refractivity contribution in [3.8, 4) is 5.75 Å². The number of carbonyl (C=O) groups excluding carboxylic acids is 2.